The predicted molar refractivity (Wildman–Crippen MR) is 104 cm³/mol. The van der Waals surface area contributed by atoms with E-state index in [2.05, 4.69) is 0 Å². The van der Waals surface area contributed by atoms with Crippen molar-refractivity contribution in [2.75, 3.05) is 6.61 Å². The third kappa shape index (κ3) is 4.09. The molecule has 0 spiro atoms. The van der Waals surface area contributed by atoms with Crippen molar-refractivity contribution in [1.29, 1.82) is 0 Å². The lowest BCUT2D eigenvalue weighted by atomic mass is 9.99. The lowest BCUT2D eigenvalue weighted by Crippen LogP contribution is -2.30. The van der Waals surface area contributed by atoms with Crippen LogP contribution in [0.1, 0.15) is 18.4 Å². The SMILES string of the molecule is NC(=O)C(O)Cc1cc(-c2ccc(OCC3CC3)cc2)nc2ccccc12. The number of fused-ring (bicyclic) bond motifs is 1. The van der Waals surface area contributed by atoms with Crippen LogP contribution in [-0.2, 0) is 11.2 Å². The number of hydrogen-bond acceptors (Lipinski definition) is 4. The van der Waals surface area contributed by atoms with E-state index in [1.165, 1.54) is 12.8 Å². The summed E-state index contributed by atoms with van der Waals surface area (Å²) in [6.45, 7) is 0.780. The van der Waals surface area contributed by atoms with Gasteiger partial charge in [0.05, 0.1) is 17.8 Å². The molecular weight excluding hydrogens is 340 g/mol. The number of pyridine rings is 1. The predicted octanol–water partition coefficient (Wildman–Crippen LogP) is 3.08. The highest BCUT2D eigenvalue weighted by Gasteiger charge is 2.22. The number of amides is 1. The molecule has 0 radical (unpaired) electrons. The van der Waals surface area contributed by atoms with E-state index in [9.17, 15) is 9.90 Å². The normalized spacial score (nSPS) is 14.9. The standard InChI is InChI=1S/C22H22N2O3/c23-22(26)21(25)12-16-11-20(24-19-4-2-1-3-18(16)19)15-7-9-17(10-8-15)27-13-14-5-6-14/h1-4,7-11,14,21,25H,5-6,12-13H2,(H2,23,26). The van der Waals surface area contributed by atoms with Crippen molar-refractivity contribution in [3.8, 4) is 17.0 Å². The summed E-state index contributed by atoms with van der Waals surface area (Å²) in [5, 5.41) is 10.8. The Labute approximate surface area is 157 Å². The summed E-state index contributed by atoms with van der Waals surface area (Å²) in [7, 11) is 0. The van der Waals surface area contributed by atoms with Gasteiger partial charge in [0.2, 0.25) is 5.91 Å². The zero-order chi connectivity index (χ0) is 18.8. The van der Waals surface area contributed by atoms with Crippen LogP contribution in [0.5, 0.6) is 5.75 Å². The molecule has 138 valence electrons. The molecule has 1 saturated carbocycles. The van der Waals surface area contributed by atoms with E-state index in [0.717, 1.165) is 40.1 Å². The summed E-state index contributed by atoms with van der Waals surface area (Å²) in [5.74, 6) is 0.844. The van der Waals surface area contributed by atoms with Gasteiger partial charge in [0.25, 0.3) is 0 Å². The van der Waals surface area contributed by atoms with Crippen LogP contribution in [0.2, 0.25) is 0 Å². The lowest BCUT2D eigenvalue weighted by Gasteiger charge is -2.12. The van der Waals surface area contributed by atoms with Crippen LogP contribution in [0, 0.1) is 5.92 Å². The van der Waals surface area contributed by atoms with Gasteiger partial charge in [-0.1, -0.05) is 18.2 Å². The summed E-state index contributed by atoms with van der Waals surface area (Å²) in [6, 6.07) is 17.5. The van der Waals surface area contributed by atoms with Crippen molar-refractivity contribution in [2.24, 2.45) is 11.7 Å². The summed E-state index contributed by atoms with van der Waals surface area (Å²) >= 11 is 0. The summed E-state index contributed by atoms with van der Waals surface area (Å²) in [6.07, 6.45) is 1.47. The Kier molecular flexibility index (Phi) is 4.77. The van der Waals surface area contributed by atoms with Crippen molar-refractivity contribution in [2.45, 2.75) is 25.4 Å². The van der Waals surface area contributed by atoms with Crippen molar-refractivity contribution in [3.05, 3.63) is 60.2 Å². The van der Waals surface area contributed by atoms with Gasteiger partial charge < -0.3 is 15.6 Å². The molecule has 0 saturated heterocycles. The number of aliphatic hydroxyl groups excluding tert-OH is 1. The monoisotopic (exact) mass is 362 g/mol. The van der Waals surface area contributed by atoms with E-state index < -0.39 is 12.0 Å². The van der Waals surface area contributed by atoms with Crippen LogP contribution < -0.4 is 10.5 Å². The molecule has 4 rings (SSSR count). The Morgan fingerprint density at radius 3 is 2.63 bits per heavy atom. The number of carbonyl (C=O) groups excluding carboxylic acids is 1. The summed E-state index contributed by atoms with van der Waals surface area (Å²) in [4.78, 5) is 16.0. The topological polar surface area (TPSA) is 85.4 Å². The molecule has 1 aliphatic rings. The fourth-order valence-electron chi connectivity index (χ4n) is 3.09. The molecule has 5 heteroatoms. The van der Waals surface area contributed by atoms with Gasteiger partial charge in [0.15, 0.2) is 0 Å². The number of carbonyl (C=O) groups is 1. The van der Waals surface area contributed by atoms with Gasteiger partial charge in [-0.2, -0.15) is 0 Å². The van der Waals surface area contributed by atoms with Gasteiger partial charge in [-0.25, -0.2) is 4.98 Å². The quantitative estimate of drug-likeness (QED) is 0.676. The summed E-state index contributed by atoms with van der Waals surface area (Å²) < 4.78 is 5.79. The zero-order valence-corrected chi connectivity index (χ0v) is 15.0. The molecule has 0 aliphatic heterocycles. The van der Waals surface area contributed by atoms with Crippen molar-refractivity contribution >= 4 is 16.8 Å². The first-order valence-electron chi connectivity index (χ1n) is 9.19. The maximum absolute atomic E-state index is 11.3. The third-order valence-corrected chi connectivity index (χ3v) is 4.88. The second kappa shape index (κ2) is 7.37. The van der Waals surface area contributed by atoms with Gasteiger partial charge in [-0.3, -0.25) is 4.79 Å². The van der Waals surface area contributed by atoms with Crippen LogP contribution in [0.25, 0.3) is 22.2 Å². The molecular formula is C22H22N2O3. The summed E-state index contributed by atoms with van der Waals surface area (Å²) in [5.41, 5.74) is 8.63. The Morgan fingerprint density at radius 1 is 1.19 bits per heavy atom. The van der Waals surface area contributed by atoms with E-state index in [1.54, 1.807) is 0 Å². The maximum atomic E-state index is 11.3. The van der Waals surface area contributed by atoms with Crippen LogP contribution in [0.4, 0.5) is 0 Å². The molecule has 1 amide bonds. The number of aromatic nitrogens is 1. The van der Waals surface area contributed by atoms with Gasteiger partial charge >= 0.3 is 0 Å². The minimum absolute atomic E-state index is 0.161. The Balaban J connectivity index is 1.65. The van der Waals surface area contributed by atoms with E-state index in [4.69, 9.17) is 15.5 Å². The smallest absolute Gasteiger partial charge is 0.246 e. The average molecular weight is 362 g/mol. The van der Waals surface area contributed by atoms with E-state index in [1.807, 2.05) is 54.6 Å². The highest BCUT2D eigenvalue weighted by molar-refractivity contribution is 5.86. The number of para-hydroxylation sites is 1. The van der Waals surface area contributed by atoms with Crippen molar-refractivity contribution < 1.29 is 14.6 Å². The van der Waals surface area contributed by atoms with E-state index in [-0.39, 0.29) is 6.42 Å². The second-order valence-electron chi connectivity index (χ2n) is 7.08. The number of aliphatic hydroxyl groups is 1. The molecule has 1 aromatic heterocycles. The molecule has 0 bridgehead atoms. The second-order valence-corrected chi connectivity index (χ2v) is 7.08. The number of nitrogens with zero attached hydrogens (tertiary/aromatic N) is 1. The van der Waals surface area contributed by atoms with Gasteiger partial charge in [0, 0.05) is 17.4 Å². The fraction of sp³-hybridized carbons (Fsp3) is 0.273. The van der Waals surface area contributed by atoms with Crippen molar-refractivity contribution in [1.82, 2.24) is 4.98 Å². The molecule has 27 heavy (non-hydrogen) atoms. The minimum atomic E-state index is -1.22. The van der Waals surface area contributed by atoms with Gasteiger partial charge in [0.1, 0.15) is 11.9 Å². The lowest BCUT2D eigenvalue weighted by molar-refractivity contribution is -0.125. The molecule has 1 unspecified atom stereocenters. The number of ether oxygens (including phenoxy) is 1. The first-order valence-corrected chi connectivity index (χ1v) is 9.19. The number of benzene rings is 2. The van der Waals surface area contributed by atoms with Crippen LogP contribution in [0.3, 0.4) is 0 Å². The molecule has 3 aromatic rings. The number of hydrogen-bond donors (Lipinski definition) is 2. The molecule has 2 aromatic carbocycles. The minimum Gasteiger partial charge on any atom is -0.493 e. The van der Waals surface area contributed by atoms with Gasteiger partial charge in [-0.05, 0) is 60.7 Å². The van der Waals surface area contributed by atoms with Crippen LogP contribution in [-0.4, -0.2) is 28.7 Å². The number of nitrogens with two attached hydrogens (primary N) is 1. The fourth-order valence-corrected chi connectivity index (χ4v) is 3.09. The number of rotatable bonds is 7. The van der Waals surface area contributed by atoms with Crippen LogP contribution >= 0.6 is 0 Å². The van der Waals surface area contributed by atoms with Gasteiger partial charge in [-0.15, -0.1) is 0 Å². The highest BCUT2D eigenvalue weighted by atomic mass is 16.5. The third-order valence-electron chi connectivity index (χ3n) is 4.88. The molecule has 1 aliphatic carbocycles. The molecule has 1 fully saturated rings. The highest BCUT2D eigenvalue weighted by Crippen LogP contribution is 2.30. The molecule has 5 nitrogen and oxygen atoms in total. The van der Waals surface area contributed by atoms with E-state index in [0.29, 0.717) is 5.92 Å². The van der Waals surface area contributed by atoms with E-state index >= 15 is 0 Å². The largest absolute Gasteiger partial charge is 0.493 e. The van der Waals surface area contributed by atoms with Crippen LogP contribution in [0.15, 0.2) is 54.6 Å². The zero-order valence-electron chi connectivity index (χ0n) is 15.0. The average Bonchev–Trinajstić information content (AvgIpc) is 3.51. The maximum Gasteiger partial charge on any atom is 0.246 e. The molecule has 1 heterocycles. The first-order chi connectivity index (χ1) is 13.1. The Morgan fingerprint density at radius 2 is 1.93 bits per heavy atom. The first kappa shape index (κ1) is 17.5. The number of primary amides is 1. The van der Waals surface area contributed by atoms with Crippen molar-refractivity contribution in [3.63, 3.8) is 0 Å². The Hall–Kier alpha value is -2.92. The Bertz CT molecular complexity index is 965. The molecule has 1 atom stereocenters. The molecule has 3 N–H and O–H groups in total.